The predicted molar refractivity (Wildman–Crippen MR) is 54.4 cm³/mol. The Hall–Kier alpha value is -0.790. The highest BCUT2D eigenvalue weighted by atomic mass is 16.1. The lowest BCUT2D eigenvalue weighted by molar-refractivity contribution is -0.116. The van der Waals surface area contributed by atoms with Crippen molar-refractivity contribution in [3.8, 4) is 0 Å². The van der Waals surface area contributed by atoms with Gasteiger partial charge in [-0.3, -0.25) is 4.79 Å². The maximum absolute atomic E-state index is 11.3. The molecule has 1 amide bonds. The van der Waals surface area contributed by atoms with Crippen LogP contribution in [0.4, 0.5) is 0 Å². The second kappa shape index (κ2) is 3.52. The van der Waals surface area contributed by atoms with Gasteiger partial charge in [0.25, 0.3) is 0 Å². The average Bonchev–Trinajstić information content (AvgIpc) is 2.61. The highest BCUT2D eigenvalue weighted by molar-refractivity contribution is 5.88. The summed E-state index contributed by atoms with van der Waals surface area (Å²) in [5.41, 5.74) is 1.42. The Balaban J connectivity index is 2.37. The molecule has 0 saturated heterocycles. The third-order valence-corrected chi connectivity index (χ3v) is 2.90. The molecule has 1 fully saturated rings. The minimum Gasteiger partial charge on any atom is -0.349 e. The van der Waals surface area contributed by atoms with Gasteiger partial charge >= 0.3 is 0 Å². The Kier molecular flexibility index (Phi) is 2.79. The summed E-state index contributed by atoms with van der Waals surface area (Å²) >= 11 is 0. The van der Waals surface area contributed by atoms with Crippen LogP contribution in [-0.2, 0) is 4.79 Å². The third-order valence-electron chi connectivity index (χ3n) is 2.90. The SMILES string of the molecule is CCC1(C)CC1NC(=O)C=C(C)C. The van der Waals surface area contributed by atoms with Gasteiger partial charge in [0.2, 0.25) is 5.91 Å². The molecule has 0 aliphatic heterocycles. The molecular formula is C11H19NO. The van der Waals surface area contributed by atoms with Gasteiger partial charge in [-0.2, -0.15) is 0 Å². The van der Waals surface area contributed by atoms with Crippen LogP contribution >= 0.6 is 0 Å². The molecule has 0 radical (unpaired) electrons. The van der Waals surface area contributed by atoms with E-state index in [1.807, 2.05) is 13.8 Å². The monoisotopic (exact) mass is 181 g/mol. The first-order chi connectivity index (χ1) is 5.98. The van der Waals surface area contributed by atoms with Crippen molar-refractivity contribution < 1.29 is 4.79 Å². The van der Waals surface area contributed by atoms with Gasteiger partial charge in [-0.25, -0.2) is 0 Å². The second-order valence-corrected chi connectivity index (χ2v) is 4.49. The molecule has 74 valence electrons. The van der Waals surface area contributed by atoms with Crippen molar-refractivity contribution in [3.63, 3.8) is 0 Å². The van der Waals surface area contributed by atoms with E-state index in [-0.39, 0.29) is 5.91 Å². The number of allylic oxidation sites excluding steroid dienone is 1. The first kappa shape index (κ1) is 10.3. The Morgan fingerprint density at radius 3 is 2.62 bits per heavy atom. The molecule has 0 bridgehead atoms. The summed E-state index contributed by atoms with van der Waals surface area (Å²) in [6, 6.07) is 0.403. The lowest BCUT2D eigenvalue weighted by Gasteiger charge is -2.07. The lowest BCUT2D eigenvalue weighted by Crippen LogP contribution is -2.27. The van der Waals surface area contributed by atoms with Crippen molar-refractivity contribution in [2.75, 3.05) is 0 Å². The molecule has 1 rings (SSSR count). The number of rotatable bonds is 3. The molecule has 2 atom stereocenters. The zero-order valence-electron chi connectivity index (χ0n) is 8.98. The Bertz CT molecular complexity index is 240. The fourth-order valence-electron chi connectivity index (χ4n) is 1.50. The maximum Gasteiger partial charge on any atom is 0.244 e. The summed E-state index contributed by atoms with van der Waals surface area (Å²) in [7, 11) is 0. The molecule has 0 aromatic carbocycles. The Morgan fingerprint density at radius 2 is 2.23 bits per heavy atom. The summed E-state index contributed by atoms with van der Waals surface area (Å²) in [6.07, 6.45) is 3.94. The van der Waals surface area contributed by atoms with Gasteiger partial charge in [0.05, 0.1) is 0 Å². The standard InChI is InChI=1S/C11H19NO/c1-5-11(4)7-9(11)12-10(13)6-8(2)3/h6,9H,5,7H2,1-4H3,(H,12,13). The van der Waals surface area contributed by atoms with E-state index >= 15 is 0 Å². The highest BCUT2D eigenvalue weighted by Crippen LogP contribution is 2.48. The van der Waals surface area contributed by atoms with Crippen molar-refractivity contribution in [1.29, 1.82) is 0 Å². The van der Waals surface area contributed by atoms with E-state index in [9.17, 15) is 4.79 Å². The van der Waals surface area contributed by atoms with Crippen molar-refractivity contribution in [1.82, 2.24) is 5.32 Å². The summed E-state index contributed by atoms with van der Waals surface area (Å²) in [5, 5.41) is 3.01. The highest BCUT2D eigenvalue weighted by Gasteiger charge is 2.48. The molecule has 2 nitrogen and oxygen atoms in total. The van der Waals surface area contributed by atoms with Gasteiger partial charge in [-0.05, 0) is 32.1 Å². The van der Waals surface area contributed by atoms with E-state index in [1.54, 1.807) is 6.08 Å². The van der Waals surface area contributed by atoms with E-state index in [1.165, 1.54) is 0 Å². The van der Waals surface area contributed by atoms with Gasteiger partial charge in [0.1, 0.15) is 0 Å². The van der Waals surface area contributed by atoms with Gasteiger partial charge in [-0.1, -0.05) is 19.4 Å². The van der Waals surface area contributed by atoms with E-state index in [0.29, 0.717) is 11.5 Å². The summed E-state index contributed by atoms with van der Waals surface area (Å²) < 4.78 is 0. The molecule has 1 N–H and O–H groups in total. The summed E-state index contributed by atoms with van der Waals surface area (Å²) in [5.74, 6) is 0.0576. The molecule has 1 aliphatic carbocycles. The van der Waals surface area contributed by atoms with Crippen LogP contribution in [0, 0.1) is 5.41 Å². The molecule has 0 heterocycles. The number of carbonyl (C=O) groups excluding carboxylic acids is 1. The van der Waals surface area contributed by atoms with E-state index in [4.69, 9.17) is 0 Å². The number of carbonyl (C=O) groups is 1. The topological polar surface area (TPSA) is 29.1 Å². The Morgan fingerprint density at radius 1 is 1.62 bits per heavy atom. The first-order valence-electron chi connectivity index (χ1n) is 4.93. The van der Waals surface area contributed by atoms with Crippen LogP contribution in [0.1, 0.15) is 40.5 Å². The van der Waals surface area contributed by atoms with Crippen LogP contribution in [-0.4, -0.2) is 11.9 Å². The number of hydrogen-bond donors (Lipinski definition) is 1. The van der Waals surface area contributed by atoms with Crippen molar-refractivity contribution >= 4 is 5.91 Å². The quantitative estimate of drug-likeness (QED) is 0.665. The second-order valence-electron chi connectivity index (χ2n) is 4.49. The van der Waals surface area contributed by atoms with E-state index < -0.39 is 0 Å². The number of hydrogen-bond acceptors (Lipinski definition) is 1. The minimum atomic E-state index is 0.0576. The molecule has 2 heteroatoms. The van der Waals surface area contributed by atoms with Crippen molar-refractivity contribution in [2.45, 2.75) is 46.6 Å². The largest absolute Gasteiger partial charge is 0.349 e. The summed E-state index contributed by atoms with van der Waals surface area (Å²) in [6.45, 7) is 8.27. The smallest absolute Gasteiger partial charge is 0.244 e. The van der Waals surface area contributed by atoms with Crippen LogP contribution in [0.2, 0.25) is 0 Å². The third kappa shape index (κ3) is 2.58. The first-order valence-corrected chi connectivity index (χ1v) is 4.93. The van der Waals surface area contributed by atoms with Gasteiger partial charge in [0.15, 0.2) is 0 Å². The van der Waals surface area contributed by atoms with Crippen LogP contribution in [0.5, 0.6) is 0 Å². The lowest BCUT2D eigenvalue weighted by atomic mass is 10.1. The molecule has 1 aliphatic rings. The van der Waals surface area contributed by atoms with Crippen LogP contribution in [0.15, 0.2) is 11.6 Å². The van der Waals surface area contributed by atoms with Crippen LogP contribution in [0.25, 0.3) is 0 Å². The molecule has 0 spiro atoms. The average molecular weight is 181 g/mol. The minimum absolute atomic E-state index is 0.0576. The van der Waals surface area contributed by atoms with Crippen LogP contribution in [0.3, 0.4) is 0 Å². The molecule has 13 heavy (non-hydrogen) atoms. The predicted octanol–water partition coefficient (Wildman–Crippen LogP) is 2.26. The molecule has 0 aromatic heterocycles. The van der Waals surface area contributed by atoms with Gasteiger partial charge in [0, 0.05) is 12.1 Å². The fourth-order valence-corrected chi connectivity index (χ4v) is 1.50. The zero-order valence-corrected chi connectivity index (χ0v) is 8.98. The maximum atomic E-state index is 11.3. The van der Waals surface area contributed by atoms with Crippen molar-refractivity contribution in [2.24, 2.45) is 5.41 Å². The number of nitrogens with one attached hydrogen (secondary N) is 1. The zero-order chi connectivity index (χ0) is 10.1. The van der Waals surface area contributed by atoms with Gasteiger partial charge < -0.3 is 5.32 Å². The van der Waals surface area contributed by atoms with Gasteiger partial charge in [-0.15, -0.1) is 0 Å². The molecule has 0 aromatic rings. The number of amides is 1. The molecule has 2 unspecified atom stereocenters. The van der Waals surface area contributed by atoms with E-state index in [0.717, 1.165) is 18.4 Å². The molecular weight excluding hydrogens is 162 g/mol. The van der Waals surface area contributed by atoms with Crippen LogP contribution < -0.4 is 5.32 Å². The summed E-state index contributed by atoms with van der Waals surface area (Å²) in [4.78, 5) is 11.3. The molecule has 1 saturated carbocycles. The normalized spacial score (nSPS) is 30.9. The Labute approximate surface area is 80.4 Å². The van der Waals surface area contributed by atoms with E-state index in [2.05, 4.69) is 19.2 Å². The fraction of sp³-hybridized carbons (Fsp3) is 0.727. The van der Waals surface area contributed by atoms with Crippen molar-refractivity contribution in [3.05, 3.63) is 11.6 Å².